The third-order valence-electron chi connectivity index (χ3n) is 4.23. The molecule has 0 saturated carbocycles. The van der Waals surface area contributed by atoms with E-state index in [2.05, 4.69) is 23.2 Å². The molecule has 3 rings (SSSR count). The molecular weight excluding hydrogens is 288 g/mol. The van der Waals surface area contributed by atoms with E-state index >= 15 is 0 Å². The normalized spacial score (nSPS) is 17.4. The van der Waals surface area contributed by atoms with E-state index in [0.29, 0.717) is 12.3 Å². The van der Waals surface area contributed by atoms with Gasteiger partial charge in [0.25, 0.3) is 0 Å². The summed E-state index contributed by atoms with van der Waals surface area (Å²) in [6.45, 7) is 8.39. The van der Waals surface area contributed by atoms with Crippen molar-refractivity contribution < 1.29 is 4.74 Å². The van der Waals surface area contributed by atoms with E-state index < -0.39 is 0 Å². The van der Waals surface area contributed by atoms with Gasteiger partial charge in [0.2, 0.25) is 0 Å². The summed E-state index contributed by atoms with van der Waals surface area (Å²) in [5.74, 6) is 0.597. The van der Waals surface area contributed by atoms with E-state index in [4.69, 9.17) is 10.5 Å². The molecule has 2 aromatic heterocycles. The van der Waals surface area contributed by atoms with E-state index in [1.54, 1.807) is 13.2 Å². The first kappa shape index (κ1) is 15.5. The van der Waals surface area contributed by atoms with Crippen LogP contribution in [-0.2, 0) is 24.1 Å². The van der Waals surface area contributed by atoms with Crippen molar-refractivity contribution in [3.63, 3.8) is 0 Å². The van der Waals surface area contributed by atoms with E-state index in [0.717, 1.165) is 35.9 Å². The number of nitrogens with zero attached hydrogens (tertiary/aromatic N) is 3. The molecule has 1 unspecified atom stereocenters. The number of methoxy groups -OCH3 is 1. The monoisotopic (exact) mass is 310 g/mol. The highest BCUT2D eigenvalue weighted by atomic mass is 16.5. The second kappa shape index (κ2) is 6.38. The Balaban J connectivity index is 1.85. The Morgan fingerprint density at radius 2 is 2.26 bits per heavy atom. The molecule has 5 nitrogen and oxygen atoms in total. The Morgan fingerprint density at radius 3 is 3.04 bits per heavy atom. The minimum Gasteiger partial charge on any atom is -0.497 e. The summed E-state index contributed by atoms with van der Waals surface area (Å²) in [4.78, 5) is 4.59. The highest BCUT2D eigenvalue weighted by Gasteiger charge is 2.20. The first-order valence-corrected chi connectivity index (χ1v) is 7.75. The molecule has 0 radical (unpaired) electrons. The first-order chi connectivity index (χ1) is 11.1. The van der Waals surface area contributed by atoms with Gasteiger partial charge in [-0.1, -0.05) is 19.2 Å². The van der Waals surface area contributed by atoms with Crippen LogP contribution in [0, 0.1) is 0 Å². The summed E-state index contributed by atoms with van der Waals surface area (Å²) < 4.78 is 6.89. The average Bonchev–Trinajstić information content (AvgIpc) is 2.95. The molecule has 0 amide bonds. The van der Waals surface area contributed by atoms with Crippen LogP contribution in [0.4, 0.5) is 0 Å². The van der Waals surface area contributed by atoms with Crippen molar-refractivity contribution in [3.05, 3.63) is 60.2 Å². The Morgan fingerprint density at radius 1 is 1.43 bits per heavy atom. The summed E-state index contributed by atoms with van der Waals surface area (Å²) in [5, 5.41) is 5.62. The molecule has 2 aromatic rings. The highest BCUT2D eigenvalue weighted by Crippen LogP contribution is 2.27. The number of aromatic nitrogens is 3. The molecule has 2 heterocycles. The van der Waals surface area contributed by atoms with E-state index in [-0.39, 0.29) is 6.04 Å². The summed E-state index contributed by atoms with van der Waals surface area (Å²) in [7, 11) is 1.59. The van der Waals surface area contributed by atoms with Gasteiger partial charge in [-0.05, 0) is 42.0 Å². The van der Waals surface area contributed by atoms with Crippen molar-refractivity contribution in [1.82, 2.24) is 14.8 Å². The highest BCUT2D eigenvalue weighted by molar-refractivity contribution is 5.80. The lowest BCUT2D eigenvalue weighted by Crippen LogP contribution is -2.28. The maximum absolute atomic E-state index is 6.05. The molecule has 0 bridgehead atoms. The van der Waals surface area contributed by atoms with Crippen molar-refractivity contribution in [3.8, 4) is 0 Å². The lowest BCUT2D eigenvalue weighted by atomic mass is 9.88. The van der Waals surface area contributed by atoms with Crippen molar-refractivity contribution in [2.45, 2.75) is 31.8 Å². The van der Waals surface area contributed by atoms with Gasteiger partial charge in [0, 0.05) is 17.6 Å². The maximum Gasteiger partial charge on any atom is 0.158 e. The van der Waals surface area contributed by atoms with E-state index in [1.165, 1.54) is 11.1 Å². The minimum atomic E-state index is 0.246. The second-order valence-electron chi connectivity index (χ2n) is 5.97. The Labute approximate surface area is 136 Å². The molecule has 0 aromatic carbocycles. The number of hydrogen-bond acceptors (Lipinski definition) is 4. The second-order valence-corrected chi connectivity index (χ2v) is 5.97. The molecule has 2 N–H and O–H groups in total. The van der Waals surface area contributed by atoms with Crippen LogP contribution in [0.5, 0.6) is 0 Å². The number of rotatable bonds is 5. The molecule has 0 aliphatic heterocycles. The zero-order valence-electron chi connectivity index (χ0n) is 13.5. The van der Waals surface area contributed by atoms with Gasteiger partial charge in [0.15, 0.2) is 5.65 Å². The number of nitrogens with two attached hydrogens (primary N) is 1. The molecule has 1 aliphatic carbocycles. The van der Waals surface area contributed by atoms with Crippen molar-refractivity contribution >= 4 is 11.0 Å². The molecular formula is C18H22N4O. The molecule has 1 atom stereocenters. The summed E-state index contributed by atoms with van der Waals surface area (Å²) in [6.07, 6.45) is 10.4. The Bertz CT molecular complexity index is 788. The van der Waals surface area contributed by atoms with Gasteiger partial charge < -0.3 is 10.5 Å². The van der Waals surface area contributed by atoms with Gasteiger partial charge in [0.1, 0.15) is 5.76 Å². The predicted molar refractivity (Wildman–Crippen MR) is 92.0 cm³/mol. The third-order valence-corrected chi connectivity index (χ3v) is 4.23. The largest absolute Gasteiger partial charge is 0.497 e. The fourth-order valence-corrected chi connectivity index (χ4v) is 2.94. The van der Waals surface area contributed by atoms with Gasteiger partial charge >= 0.3 is 0 Å². The zero-order chi connectivity index (χ0) is 16.4. The van der Waals surface area contributed by atoms with Crippen LogP contribution < -0.4 is 5.73 Å². The number of aryl methyl sites for hydroxylation is 1. The predicted octanol–water partition coefficient (Wildman–Crippen LogP) is 2.52. The average molecular weight is 310 g/mol. The summed E-state index contributed by atoms with van der Waals surface area (Å²) in [6, 6.07) is 0.246. The molecule has 120 valence electrons. The topological polar surface area (TPSA) is 66.0 Å². The minimum absolute atomic E-state index is 0.246. The maximum atomic E-state index is 6.05. The van der Waals surface area contributed by atoms with E-state index in [9.17, 15) is 0 Å². The van der Waals surface area contributed by atoms with Crippen LogP contribution in [0.3, 0.4) is 0 Å². The first-order valence-electron chi connectivity index (χ1n) is 7.75. The van der Waals surface area contributed by atoms with Crippen LogP contribution in [0.2, 0.25) is 0 Å². The molecule has 1 aliphatic rings. The molecule has 0 saturated heterocycles. The number of fused-ring (bicyclic) bond motifs is 3. The van der Waals surface area contributed by atoms with Crippen LogP contribution in [-0.4, -0.2) is 27.9 Å². The van der Waals surface area contributed by atoms with Crippen LogP contribution in [0.1, 0.15) is 17.5 Å². The van der Waals surface area contributed by atoms with Crippen molar-refractivity contribution in [1.29, 1.82) is 0 Å². The quantitative estimate of drug-likeness (QED) is 0.681. The van der Waals surface area contributed by atoms with Crippen LogP contribution >= 0.6 is 0 Å². The van der Waals surface area contributed by atoms with Crippen LogP contribution in [0.25, 0.3) is 11.0 Å². The number of hydrogen-bond donors (Lipinski definition) is 1. The number of ether oxygens (including phenoxy) is 1. The van der Waals surface area contributed by atoms with Gasteiger partial charge in [-0.3, -0.25) is 0 Å². The number of pyridine rings is 1. The fraction of sp³-hybridized carbons (Fsp3) is 0.333. The van der Waals surface area contributed by atoms with E-state index in [1.807, 2.05) is 23.2 Å². The van der Waals surface area contributed by atoms with Gasteiger partial charge in [-0.15, -0.1) is 0 Å². The summed E-state index contributed by atoms with van der Waals surface area (Å²) >= 11 is 0. The smallest absolute Gasteiger partial charge is 0.158 e. The fourth-order valence-electron chi connectivity index (χ4n) is 2.94. The molecule has 0 spiro atoms. The SMILES string of the molecule is C=C(/C=C\C(=C)OC)Cn1ncc2c3c(cnc21)CC(N)CC3. The third kappa shape index (κ3) is 3.19. The zero-order valence-corrected chi connectivity index (χ0v) is 13.5. The van der Waals surface area contributed by atoms with Gasteiger partial charge in [-0.25, -0.2) is 9.67 Å². The number of allylic oxidation sites excluding steroid dienone is 3. The molecule has 5 heteroatoms. The van der Waals surface area contributed by atoms with Crippen LogP contribution in [0.15, 0.2) is 49.0 Å². The Kier molecular flexibility index (Phi) is 4.30. The van der Waals surface area contributed by atoms with Crippen molar-refractivity contribution in [2.24, 2.45) is 5.73 Å². The lowest BCUT2D eigenvalue weighted by molar-refractivity contribution is 0.309. The summed E-state index contributed by atoms with van der Waals surface area (Å²) in [5.41, 5.74) is 10.5. The standard InChI is InChI=1S/C18H22N4O/c1-12(4-5-13(2)23-3)11-22-18-17(10-21-22)16-7-6-15(19)8-14(16)9-20-18/h4-5,9-10,15H,1-2,6-8,11,19H2,3H3/b5-4-. The lowest BCUT2D eigenvalue weighted by Gasteiger charge is -2.21. The molecule has 0 fully saturated rings. The van der Waals surface area contributed by atoms with Gasteiger partial charge in [0.05, 0.1) is 19.9 Å². The Hall–Kier alpha value is -2.40. The van der Waals surface area contributed by atoms with Gasteiger partial charge in [-0.2, -0.15) is 5.10 Å². The molecule has 23 heavy (non-hydrogen) atoms. The van der Waals surface area contributed by atoms with Crippen molar-refractivity contribution in [2.75, 3.05) is 7.11 Å².